The van der Waals surface area contributed by atoms with Gasteiger partial charge in [0.15, 0.2) is 5.11 Å². The Morgan fingerprint density at radius 3 is 2.35 bits per heavy atom. The summed E-state index contributed by atoms with van der Waals surface area (Å²) in [6.45, 7) is 4.17. The number of thiocarbonyl (C=S) groups is 1. The van der Waals surface area contributed by atoms with Crippen molar-refractivity contribution in [3.05, 3.63) is 113 Å². The second-order valence-corrected chi connectivity index (χ2v) is 8.88. The maximum absolute atomic E-state index is 11.3. The highest BCUT2D eigenvalue weighted by Crippen LogP contribution is 2.42. The van der Waals surface area contributed by atoms with Crippen molar-refractivity contribution >= 4 is 29.0 Å². The quantitative estimate of drug-likeness (QED) is 0.384. The van der Waals surface area contributed by atoms with Crippen LogP contribution < -0.4 is 10.2 Å². The van der Waals surface area contributed by atoms with Crippen molar-refractivity contribution in [1.29, 1.82) is 0 Å². The minimum Gasteiger partial charge on any atom is -0.478 e. The Bertz CT molecular complexity index is 1340. The smallest absolute Gasteiger partial charge is 0.335 e. The number of hydrogen-bond donors (Lipinski definition) is 2. The maximum atomic E-state index is 11.3. The molecule has 4 aromatic rings. The van der Waals surface area contributed by atoms with Crippen molar-refractivity contribution in [2.75, 3.05) is 4.90 Å². The molecular weight excluding hydrogens is 444 g/mol. The minimum absolute atomic E-state index is 0.165. The van der Waals surface area contributed by atoms with Gasteiger partial charge < -0.3 is 19.9 Å². The lowest BCUT2D eigenvalue weighted by Gasteiger charge is -2.29. The first kappa shape index (κ1) is 21.9. The van der Waals surface area contributed by atoms with Crippen LogP contribution in [0.2, 0.25) is 0 Å². The third-order valence-corrected chi connectivity index (χ3v) is 6.37. The number of anilines is 1. The largest absolute Gasteiger partial charge is 0.478 e. The standard InChI is InChI=1S/C27H24N4O2S/c1-17-14-18(2)16-21(15-17)31-25(24(29-27(31)34)22-6-3-4-12-28-22)23-7-5-13-30(23)20-10-8-19(9-11-20)26(32)33/h3-16,24-25H,1-2H3,(H,29,34)(H,32,33)/t24-,25+/m1/s1. The fourth-order valence-electron chi connectivity index (χ4n) is 4.66. The summed E-state index contributed by atoms with van der Waals surface area (Å²) >= 11 is 5.86. The van der Waals surface area contributed by atoms with Crippen molar-refractivity contribution in [2.24, 2.45) is 0 Å². The zero-order valence-electron chi connectivity index (χ0n) is 18.8. The zero-order chi connectivity index (χ0) is 23.8. The molecule has 1 aliphatic rings. The Morgan fingerprint density at radius 1 is 0.971 bits per heavy atom. The molecule has 3 heterocycles. The Balaban J connectivity index is 1.66. The van der Waals surface area contributed by atoms with Gasteiger partial charge in [-0.15, -0.1) is 0 Å². The summed E-state index contributed by atoms with van der Waals surface area (Å²) < 4.78 is 2.08. The van der Waals surface area contributed by atoms with Gasteiger partial charge in [-0.2, -0.15) is 0 Å². The molecule has 0 unspecified atom stereocenters. The molecular formula is C27H24N4O2S. The van der Waals surface area contributed by atoms with Crippen LogP contribution in [0.3, 0.4) is 0 Å². The maximum Gasteiger partial charge on any atom is 0.335 e. The van der Waals surface area contributed by atoms with E-state index < -0.39 is 5.97 Å². The number of aryl methyl sites for hydroxylation is 2. The number of nitrogens with one attached hydrogen (secondary N) is 1. The predicted octanol–water partition coefficient (Wildman–Crippen LogP) is 5.36. The molecule has 34 heavy (non-hydrogen) atoms. The number of nitrogens with zero attached hydrogens (tertiary/aromatic N) is 3. The molecule has 2 N–H and O–H groups in total. The van der Waals surface area contributed by atoms with Crippen LogP contribution in [0.15, 0.2) is 85.2 Å². The van der Waals surface area contributed by atoms with Crippen LogP contribution in [0.4, 0.5) is 5.69 Å². The van der Waals surface area contributed by atoms with Gasteiger partial charge in [0.1, 0.15) is 6.04 Å². The summed E-state index contributed by atoms with van der Waals surface area (Å²) in [6, 6.07) is 23.0. The number of carboxylic acids is 1. The van der Waals surface area contributed by atoms with Crippen LogP contribution in [0, 0.1) is 13.8 Å². The van der Waals surface area contributed by atoms with Crippen LogP contribution in [-0.4, -0.2) is 25.7 Å². The molecule has 2 aromatic carbocycles. The number of hydrogen-bond acceptors (Lipinski definition) is 3. The molecule has 0 radical (unpaired) electrons. The molecule has 2 aromatic heterocycles. The second kappa shape index (κ2) is 8.76. The van der Waals surface area contributed by atoms with Gasteiger partial charge in [-0.25, -0.2) is 4.79 Å². The Labute approximate surface area is 203 Å². The van der Waals surface area contributed by atoms with E-state index in [-0.39, 0.29) is 17.6 Å². The van der Waals surface area contributed by atoms with E-state index >= 15 is 0 Å². The average molecular weight is 469 g/mol. The number of rotatable bonds is 5. The van der Waals surface area contributed by atoms with Crippen molar-refractivity contribution in [3.63, 3.8) is 0 Å². The molecule has 0 saturated carbocycles. The first-order valence-electron chi connectivity index (χ1n) is 11.0. The highest BCUT2D eigenvalue weighted by Gasteiger charge is 2.42. The molecule has 0 spiro atoms. The SMILES string of the molecule is Cc1cc(C)cc(N2C(=S)N[C@H](c3ccccn3)[C@@H]2c2cccn2-c2ccc(C(=O)O)cc2)c1. The second-order valence-electron chi connectivity index (χ2n) is 8.50. The number of aromatic carboxylic acids is 1. The molecule has 0 aliphatic carbocycles. The highest BCUT2D eigenvalue weighted by atomic mass is 32.1. The Hall–Kier alpha value is -3.97. The van der Waals surface area contributed by atoms with E-state index in [9.17, 15) is 9.90 Å². The van der Waals surface area contributed by atoms with Gasteiger partial charge in [-0.05, 0) is 97.9 Å². The van der Waals surface area contributed by atoms with Crippen molar-refractivity contribution in [2.45, 2.75) is 25.9 Å². The highest BCUT2D eigenvalue weighted by molar-refractivity contribution is 7.80. The lowest BCUT2D eigenvalue weighted by atomic mass is 10.00. The number of pyridine rings is 1. The fourth-order valence-corrected chi connectivity index (χ4v) is 5.00. The lowest BCUT2D eigenvalue weighted by molar-refractivity contribution is 0.0697. The Morgan fingerprint density at radius 2 is 1.71 bits per heavy atom. The minimum atomic E-state index is -0.944. The summed E-state index contributed by atoms with van der Waals surface area (Å²) in [6.07, 6.45) is 3.78. The molecule has 0 amide bonds. The lowest BCUT2D eigenvalue weighted by Crippen LogP contribution is -2.30. The van der Waals surface area contributed by atoms with E-state index in [0.717, 1.165) is 33.9 Å². The van der Waals surface area contributed by atoms with Gasteiger partial charge in [-0.3, -0.25) is 4.98 Å². The van der Waals surface area contributed by atoms with Crippen LogP contribution in [0.25, 0.3) is 5.69 Å². The van der Waals surface area contributed by atoms with E-state index in [2.05, 4.69) is 57.9 Å². The van der Waals surface area contributed by atoms with E-state index in [1.165, 1.54) is 0 Å². The van der Waals surface area contributed by atoms with Gasteiger partial charge in [0.25, 0.3) is 0 Å². The first-order chi connectivity index (χ1) is 16.4. The van der Waals surface area contributed by atoms with Crippen LogP contribution >= 0.6 is 12.2 Å². The van der Waals surface area contributed by atoms with Crippen LogP contribution in [0.5, 0.6) is 0 Å². The van der Waals surface area contributed by atoms with E-state index in [1.807, 2.05) is 42.6 Å². The molecule has 0 bridgehead atoms. The molecule has 1 fully saturated rings. The van der Waals surface area contributed by atoms with E-state index in [0.29, 0.717) is 5.11 Å². The molecule has 170 valence electrons. The van der Waals surface area contributed by atoms with Gasteiger partial charge >= 0.3 is 5.97 Å². The summed E-state index contributed by atoms with van der Waals surface area (Å²) in [7, 11) is 0. The third kappa shape index (κ3) is 3.95. The Kier molecular flexibility index (Phi) is 5.63. The summed E-state index contributed by atoms with van der Waals surface area (Å²) in [5.41, 5.74) is 6.40. The van der Waals surface area contributed by atoms with Gasteiger partial charge in [0.2, 0.25) is 0 Å². The number of carbonyl (C=O) groups is 1. The summed E-state index contributed by atoms with van der Waals surface area (Å²) in [5.74, 6) is -0.944. The van der Waals surface area contributed by atoms with E-state index in [1.54, 1.807) is 18.3 Å². The average Bonchev–Trinajstić information content (AvgIpc) is 3.43. The van der Waals surface area contributed by atoms with Crippen molar-refractivity contribution in [1.82, 2.24) is 14.9 Å². The van der Waals surface area contributed by atoms with Crippen LogP contribution in [-0.2, 0) is 0 Å². The zero-order valence-corrected chi connectivity index (χ0v) is 19.7. The number of benzene rings is 2. The van der Waals surface area contributed by atoms with Gasteiger partial charge in [-0.1, -0.05) is 12.1 Å². The fraction of sp³-hybridized carbons (Fsp3) is 0.148. The van der Waals surface area contributed by atoms with Crippen molar-refractivity contribution < 1.29 is 9.90 Å². The summed E-state index contributed by atoms with van der Waals surface area (Å²) in [4.78, 5) is 18.1. The molecule has 1 saturated heterocycles. The molecule has 7 heteroatoms. The van der Waals surface area contributed by atoms with Gasteiger partial charge in [0, 0.05) is 29.5 Å². The monoisotopic (exact) mass is 468 g/mol. The number of carboxylic acid groups (broad SMARTS) is 1. The van der Waals surface area contributed by atoms with Gasteiger partial charge in [0.05, 0.1) is 17.3 Å². The predicted molar refractivity (Wildman–Crippen MR) is 137 cm³/mol. The molecule has 5 rings (SSSR count). The number of aromatic nitrogens is 2. The molecule has 1 aliphatic heterocycles. The molecule has 2 atom stereocenters. The molecule has 6 nitrogen and oxygen atoms in total. The topological polar surface area (TPSA) is 70.4 Å². The summed E-state index contributed by atoms with van der Waals surface area (Å²) in [5, 5.41) is 13.4. The third-order valence-electron chi connectivity index (χ3n) is 6.06. The first-order valence-corrected chi connectivity index (χ1v) is 11.4. The van der Waals surface area contributed by atoms with E-state index in [4.69, 9.17) is 12.2 Å². The van der Waals surface area contributed by atoms with Crippen molar-refractivity contribution in [3.8, 4) is 5.69 Å². The normalized spacial score (nSPS) is 17.6. The van der Waals surface area contributed by atoms with Crippen LogP contribution in [0.1, 0.15) is 45.0 Å².